The minimum Gasteiger partial charge on any atom is -0.355 e. The SMILES string of the molecule is Cc1cccc(C(=O)N2CCCC[C@H]2c2cc3nc(N4CC[C@H](C#N)C4)c(C)cn3n2)n1. The molecule has 3 aromatic heterocycles. The van der Waals surface area contributed by atoms with Crippen LogP contribution in [0.25, 0.3) is 5.65 Å². The molecule has 0 aliphatic carbocycles. The van der Waals surface area contributed by atoms with Crippen LogP contribution in [0.15, 0.2) is 30.5 Å². The fraction of sp³-hybridized carbons (Fsp3) is 0.458. The maximum atomic E-state index is 13.3. The molecule has 1 amide bonds. The van der Waals surface area contributed by atoms with Gasteiger partial charge in [-0.2, -0.15) is 10.4 Å². The molecule has 2 aliphatic heterocycles. The molecule has 0 spiro atoms. The summed E-state index contributed by atoms with van der Waals surface area (Å²) in [7, 11) is 0. The standard InChI is InChI=1S/C24H27N7O/c1-16-14-31-22(27-23(16)29-11-9-18(13-25)15-29)12-20(28-31)21-8-3-4-10-30(21)24(32)19-7-5-6-17(2)26-19/h5-7,12,14,18,21H,3-4,8-11,15H2,1-2H3/t18-,21+/m1/s1. The van der Waals surface area contributed by atoms with Crippen LogP contribution in [0.5, 0.6) is 0 Å². The van der Waals surface area contributed by atoms with Gasteiger partial charge in [0, 0.05) is 43.2 Å². The zero-order chi connectivity index (χ0) is 22.2. The number of nitriles is 1. The zero-order valence-corrected chi connectivity index (χ0v) is 18.5. The van der Waals surface area contributed by atoms with Crippen LogP contribution in [-0.2, 0) is 0 Å². The fourth-order valence-electron chi connectivity index (χ4n) is 4.85. The Kier molecular flexibility index (Phi) is 5.25. The predicted octanol–water partition coefficient (Wildman–Crippen LogP) is 3.46. The Balaban J connectivity index is 1.46. The number of pyridine rings is 1. The maximum Gasteiger partial charge on any atom is 0.273 e. The van der Waals surface area contributed by atoms with E-state index >= 15 is 0 Å². The molecule has 32 heavy (non-hydrogen) atoms. The molecule has 0 saturated carbocycles. The predicted molar refractivity (Wildman–Crippen MR) is 120 cm³/mol. The molecule has 5 rings (SSSR count). The summed E-state index contributed by atoms with van der Waals surface area (Å²) in [6.07, 6.45) is 5.79. The van der Waals surface area contributed by atoms with Gasteiger partial charge in [0.15, 0.2) is 5.65 Å². The van der Waals surface area contributed by atoms with Crippen molar-refractivity contribution in [1.29, 1.82) is 5.26 Å². The van der Waals surface area contributed by atoms with E-state index in [4.69, 9.17) is 10.1 Å². The molecule has 2 fully saturated rings. The van der Waals surface area contributed by atoms with Crippen molar-refractivity contribution in [3.8, 4) is 6.07 Å². The summed E-state index contributed by atoms with van der Waals surface area (Å²) in [4.78, 5) is 26.7. The van der Waals surface area contributed by atoms with Crippen LogP contribution >= 0.6 is 0 Å². The van der Waals surface area contributed by atoms with Gasteiger partial charge in [0.1, 0.15) is 11.5 Å². The van der Waals surface area contributed by atoms with Crippen molar-refractivity contribution in [2.24, 2.45) is 5.92 Å². The van der Waals surface area contributed by atoms with E-state index < -0.39 is 0 Å². The highest BCUT2D eigenvalue weighted by molar-refractivity contribution is 5.92. The smallest absolute Gasteiger partial charge is 0.273 e. The summed E-state index contributed by atoms with van der Waals surface area (Å²) >= 11 is 0. The number of fused-ring (bicyclic) bond motifs is 1. The topological polar surface area (TPSA) is 90.4 Å². The Hall–Kier alpha value is -3.47. The number of carbonyl (C=O) groups is 1. The van der Waals surface area contributed by atoms with Gasteiger partial charge in [-0.25, -0.2) is 14.5 Å². The van der Waals surface area contributed by atoms with Gasteiger partial charge in [-0.05, 0) is 51.7 Å². The van der Waals surface area contributed by atoms with Crippen molar-refractivity contribution < 1.29 is 4.79 Å². The average molecular weight is 430 g/mol. The highest BCUT2D eigenvalue weighted by Gasteiger charge is 2.32. The van der Waals surface area contributed by atoms with Gasteiger partial charge in [0.2, 0.25) is 0 Å². The lowest BCUT2D eigenvalue weighted by Crippen LogP contribution is -2.39. The first kappa shape index (κ1) is 20.4. The summed E-state index contributed by atoms with van der Waals surface area (Å²) in [6.45, 7) is 6.20. The second kappa shape index (κ2) is 8.23. The van der Waals surface area contributed by atoms with E-state index in [1.165, 1.54) is 0 Å². The van der Waals surface area contributed by atoms with Gasteiger partial charge in [-0.1, -0.05) is 6.07 Å². The van der Waals surface area contributed by atoms with Crippen molar-refractivity contribution in [3.05, 3.63) is 53.1 Å². The van der Waals surface area contributed by atoms with Crippen molar-refractivity contribution in [3.63, 3.8) is 0 Å². The van der Waals surface area contributed by atoms with Crippen molar-refractivity contribution in [2.45, 2.75) is 45.6 Å². The van der Waals surface area contributed by atoms with Crippen molar-refractivity contribution >= 4 is 17.4 Å². The second-order valence-electron chi connectivity index (χ2n) is 8.85. The van der Waals surface area contributed by atoms with Gasteiger partial charge in [0.25, 0.3) is 5.91 Å². The number of likely N-dealkylation sites (tertiary alicyclic amines) is 1. The van der Waals surface area contributed by atoms with E-state index in [2.05, 4.69) is 16.0 Å². The molecule has 0 bridgehead atoms. The summed E-state index contributed by atoms with van der Waals surface area (Å²) in [5.74, 6) is 0.937. The zero-order valence-electron chi connectivity index (χ0n) is 18.5. The number of piperidine rings is 1. The van der Waals surface area contributed by atoms with E-state index in [9.17, 15) is 10.1 Å². The fourth-order valence-corrected chi connectivity index (χ4v) is 4.85. The lowest BCUT2D eigenvalue weighted by molar-refractivity contribution is 0.0599. The minimum atomic E-state index is -0.0845. The van der Waals surface area contributed by atoms with Crippen LogP contribution in [0.2, 0.25) is 0 Å². The van der Waals surface area contributed by atoms with Crippen LogP contribution in [0.1, 0.15) is 59.2 Å². The summed E-state index contributed by atoms with van der Waals surface area (Å²) in [5, 5.41) is 14.0. The Morgan fingerprint density at radius 2 is 2.03 bits per heavy atom. The van der Waals surface area contributed by atoms with Crippen LogP contribution in [0.4, 0.5) is 5.82 Å². The number of rotatable bonds is 3. The Morgan fingerprint density at radius 3 is 2.81 bits per heavy atom. The molecule has 8 heteroatoms. The van der Waals surface area contributed by atoms with E-state index in [1.54, 1.807) is 6.07 Å². The Morgan fingerprint density at radius 1 is 1.16 bits per heavy atom. The van der Waals surface area contributed by atoms with Crippen LogP contribution in [0, 0.1) is 31.1 Å². The minimum absolute atomic E-state index is 0.0418. The number of carbonyl (C=O) groups excluding carboxylic acids is 1. The number of amides is 1. The van der Waals surface area contributed by atoms with Gasteiger partial charge in [-0.15, -0.1) is 0 Å². The third-order valence-corrected chi connectivity index (χ3v) is 6.51. The summed E-state index contributed by atoms with van der Waals surface area (Å²) in [6, 6.07) is 9.85. The van der Waals surface area contributed by atoms with Crippen LogP contribution < -0.4 is 4.90 Å². The monoisotopic (exact) mass is 429 g/mol. The van der Waals surface area contributed by atoms with E-state index in [1.807, 2.05) is 47.7 Å². The molecule has 0 aromatic carbocycles. The Bertz CT molecular complexity index is 1210. The van der Waals surface area contributed by atoms with Crippen molar-refractivity contribution in [2.75, 3.05) is 24.5 Å². The first-order valence-corrected chi connectivity index (χ1v) is 11.3. The first-order valence-electron chi connectivity index (χ1n) is 11.3. The highest BCUT2D eigenvalue weighted by atomic mass is 16.2. The van der Waals surface area contributed by atoms with Gasteiger partial charge < -0.3 is 9.80 Å². The molecule has 5 heterocycles. The molecule has 0 unspecified atom stereocenters. The molecule has 8 nitrogen and oxygen atoms in total. The molecule has 164 valence electrons. The molecule has 2 saturated heterocycles. The average Bonchev–Trinajstić information content (AvgIpc) is 3.44. The van der Waals surface area contributed by atoms with Gasteiger partial charge >= 0.3 is 0 Å². The quantitative estimate of drug-likeness (QED) is 0.633. The van der Waals surface area contributed by atoms with Gasteiger partial charge in [-0.3, -0.25) is 4.79 Å². The summed E-state index contributed by atoms with van der Waals surface area (Å²) < 4.78 is 1.81. The number of aryl methyl sites for hydroxylation is 2. The van der Waals surface area contributed by atoms with E-state index in [0.717, 1.165) is 67.2 Å². The lowest BCUT2D eigenvalue weighted by atomic mass is 9.99. The molecule has 3 aromatic rings. The van der Waals surface area contributed by atoms with Crippen LogP contribution in [0.3, 0.4) is 0 Å². The molecule has 0 radical (unpaired) electrons. The van der Waals surface area contributed by atoms with Gasteiger partial charge in [0.05, 0.1) is 23.7 Å². The molecular formula is C24H27N7O. The molecule has 2 aliphatic rings. The lowest BCUT2D eigenvalue weighted by Gasteiger charge is -2.34. The second-order valence-corrected chi connectivity index (χ2v) is 8.85. The maximum absolute atomic E-state index is 13.3. The van der Waals surface area contributed by atoms with E-state index in [0.29, 0.717) is 12.2 Å². The largest absolute Gasteiger partial charge is 0.355 e. The number of aromatic nitrogens is 4. The number of anilines is 1. The number of hydrogen-bond acceptors (Lipinski definition) is 6. The number of nitrogens with zero attached hydrogens (tertiary/aromatic N) is 7. The molecule has 2 atom stereocenters. The third kappa shape index (κ3) is 3.68. The number of hydrogen-bond donors (Lipinski definition) is 0. The Labute approximate surface area is 187 Å². The first-order chi connectivity index (χ1) is 15.5. The van der Waals surface area contributed by atoms with Crippen molar-refractivity contribution in [1.82, 2.24) is 24.5 Å². The molecular weight excluding hydrogens is 402 g/mol. The third-order valence-electron chi connectivity index (χ3n) is 6.51. The normalized spacial score (nSPS) is 21.2. The highest BCUT2D eigenvalue weighted by Crippen LogP contribution is 2.32. The molecule has 0 N–H and O–H groups in total. The van der Waals surface area contributed by atoms with E-state index in [-0.39, 0.29) is 17.9 Å². The van der Waals surface area contributed by atoms with Crippen LogP contribution in [-0.4, -0.2) is 50.0 Å². The summed E-state index contributed by atoms with van der Waals surface area (Å²) in [5.41, 5.74) is 3.99.